The molecule has 0 spiro atoms. The third kappa shape index (κ3) is 4.49. The Kier molecular flexibility index (Phi) is 5.58. The summed E-state index contributed by atoms with van der Waals surface area (Å²) in [6.45, 7) is 3.91. The van der Waals surface area contributed by atoms with Gasteiger partial charge >= 0.3 is 0 Å². The molecule has 0 amide bonds. The highest BCUT2D eigenvalue weighted by molar-refractivity contribution is 6.30. The van der Waals surface area contributed by atoms with Crippen LogP contribution >= 0.6 is 11.6 Å². The fraction of sp³-hybridized carbons (Fsp3) is 0.200. The number of rotatable bonds is 4. The molecule has 0 aromatic heterocycles. The number of hydrogen-bond acceptors (Lipinski definition) is 1. The summed E-state index contributed by atoms with van der Waals surface area (Å²) in [5.74, 6) is 0.869. The molecule has 1 aromatic carbocycles. The summed E-state index contributed by atoms with van der Waals surface area (Å²) in [4.78, 5) is 0. The smallest absolute Gasteiger partial charge is 0.0924 e. The molecule has 0 unspecified atom stereocenters. The van der Waals surface area contributed by atoms with Gasteiger partial charge in [0, 0.05) is 5.02 Å². The maximum absolute atomic E-state index is 5.99. The van der Waals surface area contributed by atoms with Gasteiger partial charge < -0.3 is 4.74 Å². The van der Waals surface area contributed by atoms with Crippen molar-refractivity contribution in [2.24, 2.45) is 0 Å². The standard InChI is InChI=1S/C15H17ClO/c1-4-6-13(10-9-12(2)17-3)14-7-5-8-15(16)11-14/h4-11H,1-3H3/b6-4-,12-9+,13-10+. The van der Waals surface area contributed by atoms with Gasteiger partial charge in [0.2, 0.25) is 0 Å². The van der Waals surface area contributed by atoms with Crippen molar-refractivity contribution in [1.29, 1.82) is 0 Å². The lowest BCUT2D eigenvalue weighted by Crippen LogP contribution is -1.82. The van der Waals surface area contributed by atoms with E-state index in [1.54, 1.807) is 7.11 Å². The fourth-order valence-corrected chi connectivity index (χ4v) is 1.56. The third-order valence-corrected chi connectivity index (χ3v) is 2.56. The van der Waals surface area contributed by atoms with E-state index in [-0.39, 0.29) is 0 Å². The van der Waals surface area contributed by atoms with Gasteiger partial charge in [0.05, 0.1) is 12.9 Å². The van der Waals surface area contributed by atoms with Crippen LogP contribution in [0, 0.1) is 0 Å². The molecule has 0 heterocycles. The van der Waals surface area contributed by atoms with Crippen LogP contribution in [0.5, 0.6) is 0 Å². The van der Waals surface area contributed by atoms with E-state index in [9.17, 15) is 0 Å². The first-order valence-corrected chi connectivity index (χ1v) is 5.86. The largest absolute Gasteiger partial charge is 0.501 e. The predicted molar refractivity (Wildman–Crippen MR) is 75.0 cm³/mol. The summed E-state index contributed by atoms with van der Waals surface area (Å²) in [7, 11) is 1.66. The van der Waals surface area contributed by atoms with Crippen molar-refractivity contribution in [1.82, 2.24) is 0 Å². The second kappa shape index (κ2) is 6.97. The average molecular weight is 249 g/mol. The molecule has 1 rings (SSSR count). The van der Waals surface area contributed by atoms with Crippen LogP contribution in [0.25, 0.3) is 5.57 Å². The molecule has 2 heteroatoms. The average Bonchev–Trinajstić information content (AvgIpc) is 2.34. The van der Waals surface area contributed by atoms with E-state index in [2.05, 4.69) is 0 Å². The van der Waals surface area contributed by atoms with Crippen LogP contribution in [0.4, 0.5) is 0 Å². The lowest BCUT2D eigenvalue weighted by atomic mass is 10.0. The Labute approximate surface area is 108 Å². The highest BCUT2D eigenvalue weighted by Crippen LogP contribution is 2.20. The number of halogens is 1. The monoisotopic (exact) mass is 248 g/mol. The van der Waals surface area contributed by atoms with Gasteiger partial charge in [-0.15, -0.1) is 0 Å². The van der Waals surface area contributed by atoms with Gasteiger partial charge in [0.1, 0.15) is 0 Å². The minimum absolute atomic E-state index is 0.741. The second-order valence-electron chi connectivity index (χ2n) is 3.61. The summed E-state index contributed by atoms with van der Waals surface area (Å²) in [5.41, 5.74) is 2.20. The Balaban J connectivity index is 3.09. The zero-order valence-electron chi connectivity index (χ0n) is 10.4. The van der Waals surface area contributed by atoms with Crippen molar-refractivity contribution < 1.29 is 4.74 Å². The number of allylic oxidation sites excluding steroid dienone is 6. The number of hydrogen-bond donors (Lipinski definition) is 0. The molecule has 0 N–H and O–H groups in total. The van der Waals surface area contributed by atoms with Crippen molar-refractivity contribution in [2.75, 3.05) is 7.11 Å². The van der Waals surface area contributed by atoms with Gasteiger partial charge in [-0.05, 0) is 43.2 Å². The molecule has 0 radical (unpaired) electrons. The summed E-state index contributed by atoms with van der Waals surface area (Å²) in [6, 6.07) is 7.80. The van der Waals surface area contributed by atoms with E-state index in [0.717, 1.165) is 21.9 Å². The summed E-state index contributed by atoms with van der Waals surface area (Å²) in [5, 5.41) is 0.741. The van der Waals surface area contributed by atoms with Gasteiger partial charge in [0.15, 0.2) is 0 Å². The van der Waals surface area contributed by atoms with Crippen LogP contribution in [0.3, 0.4) is 0 Å². The van der Waals surface area contributed by atoms with Crippen molar-refractivity contribution in [3.8, 4) is 0 Å². The Morgan fingerprint density at radius 1 is 1.29 bits per heavy atom. The zero-order chi connectivity index (χ0) is 12.7. The molecule has 0 aliphatic heterocycles. The normalized spacial score (nSPS) is 13.2. The lowest BCUT2D eigenvalue weighted by Gasteiger charge is -2.03. The quantitative estimate of drug-likeness (QED) is 0.547. The molecule has 0 fully saturated rings. The first-order valence-electron chi connectivity index (χ1n) is 5.48. The Morgan fingerprint density at radius 2 is 2.06 bits per heavy atom. The Hall–Kier alpha value is -1.47. The van der Waals surface area contributed by atoms with E-state index in [4.69, 9.17) is 16.3 Å². The van der Waals surface area contributed by atoms with Crippen molar-refractivity contribution >= 4 is 17.2 Å². The van der Waals surface area contributed by atoms with Gasteiger partial charge in [-0.1, -0.05) is 42.0 Å². The molecule has 0 aliphatic rings. The van der Waals surface area contributed by atoms with Gasteiger partial charge in [0.25, 0.3) is 0 Å². The summed E-state index contributed by atoms with van der Waals surface area (Å²) < 4.78 is 5.10. The van der Waals surface area contributed by atoms with E-state index in [0.29, 0.717) is 0 Å². The van der Waals surface area contributed by atoms with Gasteiger partial charge in [-0.2, -0.15) is 0 Å². The first-order chi connectivity index (χ1) is 8.17. The predicted octanol–water partition coefficient (Wildman–Crippen LogP) is 4.85. The molecule has 0 saturated heterocycles. The molecule has 1 aromatic rings. The van der Waals surface area contributed by atoms with Crippen LogP contribution in [-0.2, 0) is 4.74 Å². The van der Waals surface area contributed by atoms with Crippen LogP contribution in [-0.4, -0.2) is 7.11 Å². The third-order valence-electron chi connectivity index (χ3n) is 2.32. The summed E-state index contributed by atoms with van der Waals surface area (Å²) in [6.07, 6.45) is 8.01. The molecule has 0 aliphatic carbocycles. The van der Waals surface area contributed by atoms with E-state index in [1.807, 2.05) is 62.4 Å². The minimum Gasteiger partial charge on any atom is -0.501 e. The summed E-state index contributed by atoms with van der Waals surface area (Å²) >= 11 is 5.99. The molecule has 0 bridgehead atoms. The molecule has 1 nitrogen and oxygen atoms in total. The highest BCUT2D eigenvalue weighted by Gasteiger charge is 1.97. The molecular formula is C15H17ClO. The maximum atomic E-state index is 5.99. The maximum Gasteiger partial charge on any atom is 0.0924 e. The second-order valence-corrected chi connectivity index (χ2v) is 4.05. The minimum atomic E-state index is 0.741. The van der Waals surface area contributed by atoms with Crippen LogP contribution < -0.4 is 0 Å². The Morgan fingerprint density at radius 3 is 2.65 bits per heavy atom. The zero-order valence-corrected chi connectivity index (χ0v) is 11.2. The molecular weight excluding hydrogens is 232 g/mol. The van der Waals surface area contributed by atoms with E-state index in [1.165, 1.54) is 0 Å². The van der Waals surface area contributed by atoms with Crippen molar-refractivity contribution in [2.45, 2.75) is 13.8 Å². The Bertz CT molecular complexity index is 456. The van der Waals surface area contributed by atoms with E-state index < -0.39 is 0 Å². The number of ether oxygens (including phenoxy) is 1. The molecule has 0 saturated carbocycles. The SMILES string of the molecule is C\C=C/C(=C\C=C(/C)OC)c1cccc(Cl)c1. The first kappa shape index (κ1) is 13.6. The number of methoxy groups -OCH3 is 1. The van der Waals surface area contributed by atoms with Crippen LogP contribution in [0.2, 0.25) is 5.02 Å². The highest BCUT2D eigenvalue weighted by atomic mass is 35.5. The number of benzene rings is 1. The lowest BCUT2D eigenvalue weighted by molar-refractivity contribution is 0.294. The van der Waals surface area contributed by atoms with Crippen molar-refractivity contribution in [3.05, 3.63) is 64.9 Å². The van der Waals surface area contributed by atoms with Gasteiger partial charge in [-0.3, -0.25) is 0 Å². The topological polar surface area (TPSA) is 9.23 Å². The van der Waals surface area contributed by atoms with Gasteiger partial charge in [-0.25, -0.2) is 0 Å². The van der Waals surface area contributed by atoms with Crippen LogP contribution in [0.15, 0.2) is 54.3 Å². The molecule has 90 valence electrons. The fourth-order valence-electron chi connectivity index (χ4n) is 1.37. The van der Waals surface area contributed by atoms with Crippen molar-refractivity contribution in [3.63, 3.8) is 0 Å². The molecule has 17 heavy (non-hydrogen) atoms. The molecule has 0 atom stereocenters. The van der Waals surface area contributed by atoms with E-state index >= 15 is 0 Å². The van der Waals surface area contributed by atoms with Crippen LogP contribution in [0.1, 0.15) is 19.4 Å².